The summed E-state index contributed by atoms with van der Waals surface area (Å²) in [7, 11) is -3.70. The lowest BCUT2D eigenvalue weighted by Gasteiger charge is -2.21. The maximum atomic E-state index is 12.5. The Labute approximate surface area is 123 Å². The zero-order valence-corrected chi connectivity index (χ0v) is 12.2. The topological polar surface area (TPSA) is 94.6 Å². The zero-order chi connectivity index (χ0) is 14.9. The Bertz CT molecular complexity index is 739. The van der Waals surface area contributed by atoms with Gasteiger partial charge in [-0.1, -0.05) is 0 Å². The van der Waals surface area contributed by atoms with Crippen LogP contribution in [0.3, 0.4) is 0 Å². The van der Waals surface area contributed by atoms with Gasteiger partial charge >= 0.3 is 0 Å². The fourth-order valence-corrected chi connectivity index (χ4v) is 3.56. The van der Waals surface area contributed by atoms with Gasteiger partial charge in [-0.15, -0.1) is 0 Å². The van der Waals surface area contributed by atoms with Crippen molar-refractivity contribution in [2.45, 2.75) is 24.3 Å². The van der Waals surface area contributed by atoms with Crippen LogP contribution in [0.5, 0.6) is 5.75 Å². The molecule has 112 valence electrons. The van der Waals surface area contributed by atoms with Crippen LogP contribution >= 0.6 is 0 Å². The Morgan fingerprint density at radius 1 is 1.33 bits per heavy atom. The van der Waals surface area contributed by atoms with Crippen LogP contribution in [0.4, 0.5) is 5.69 Å². The van der Waals surface area contributed by atoms with Crippen LogP contribution in [-0.2, 0) is 23.0 Å². The van der Waals surface area contributed by atoms with Crippen molar-refractivity contribution in [3.05, 3.63) is 41.9 Å². The molecule has 1 aliphatic rings. The number of nitrogens with two attached hydrogens (primary N) is 1. The van der Waals surface area contributed by atoms with E-state index < -0.39 is 10.0 Å². The standard InChI is InChI=1S/C14H16N2O4S/c15-12-6-11-2-1-4-20-14(11)13(7-12)21(17,18)16-8-10-3-5-19-9-10/h3,5-7,9,16H,1-2,4,8,15H2. The minimum atomic E-state index is -3.70. The highest BCUT2D eigenvalue weighted by Crippen LogP contribution is 2.34. The second-order valence-electron chi connectivity index (χ2n) is 4.92. The number of anilines is 1. The molecule has 0 saturated heterocycles. The van der Waals surface area contributed by atoms with Crippen LogP contribution in [0.15, 0.2) is 40.0 Å². The molecular formula is C14H16N2O4S. The molecule has 0 unspecified atom stereocenters. The number of hydrogen-bond donors (Lipinski definition) is 2. The van der Waals surface area contributed by atoms with E-state index in [-0.39, 0.29) is 11.4 Å². The summed E-state index contributed by atoms with van der Waals surface area (Å²) < 4.78 is 37.9. The summed E-state index contributed by atoms with van der Waals surface area (Å²) in [4.78, 5) is 0.0979. The molecular weight excluding hydrogens is 292 g/mol. The predicted molar refractivity (Wildman–Crippen MR) is 77.4 cm³/mol. The van der Waals surface area contributed by atoms with Crippen molar-refractivity contribution in [2.75, 3.05) is 12.3 Å². The molecule has 0 atom stereocenters. The summed E-state index contributed by atoms with van der Waals surface area (Å²) in [5, 5.41) is 0. The van der Waals surface area contributed by atoms with Gasteiger partial charge in [0.2, 0.25) is 10.0 Å². The normalized spacial score (nSPS) is 14.5. The number of nitrogen functional groups attached to an aromatic ring is 1. The predicted octanol–water partition coefficient (Wildman–Crippen LogP) is 1.67. The first-order valence-electron chi connectivity index (χ1n) is 6.62. The average Bonchev–Trinajstić information content (AvgIpc) is 2.97. The van der Waals surface area contributed by atoms with Crippen molar-refractivity contribution in [2.24, 2.45) is 0 Å². The first-order chi connectivity index (χ1) is 10.1. The van der Waals surface area contributed by atoms with Crippen LogP contribution in [0.25, 0.3) is 0 Å². The maximum Gasteiger partial charge on any atom is 0.244 e. The molecule has 6 nitrogen and oxygen atoms in total. The Morgan fingerprint density at radius 2 is 2.19 bits per heavy atom. The summed E-state index contributed by atoms with van der Waals surface area (Å²) >= 11 is 0. The van der Waals surface area contributed by atoms with E-state index in [1.165, 1.54) is 18.6 Å². The second-order valence-corrected chi connectivity index (χ2v) is 6.65. The largest absolute Gasteiger partial charge is 0.492 e. The average molecular weight is 308 g/mol. The number of aryl methyl sites for hydroxylation is 1. The minimum Gasteiger partial charge on any atom is -0.492 e. The monoisotopic (exact) mass is 308 g/mol. The molecule has 3 rings (SSSR count). The number of ether oxygens (including phenoxy) is 1. The third-order valence-electron chi connectivity index (χ3n) is 3.33. The molecule has 0 radical (unpaired) electrons. The highest BCUT2D eigenvalue weighted by Gasteiger charge is 2.25. The van der Waals surface area contributed by atoms with E-state index in [0.29, 0.717) is 18.0 Å². The number of sulfonamides is 1. The van der Waals surface area contributed by atoms with Gasteiger partial charge in [-0.2, -0.15) is 0 Å². The van der Waals surface area contributed by atoms with Crippen LogP contribution in [-0.4, -0.2) is 15.0 Å². The number of fused-ring (bicyclic) bond motifs is 1. The van der Waals surface area contributed by atoms with E-state index >= 15 is 0 Å². The van der Waals surface area contributed by atoms with E-state index in [2.05, 4.69) is 4.72 Å². The van der Waals surface area contributed by atoms with Gasteiger partial charge in [0.15, 0.2) is 0 Å². The highest BCUT2D eigenvalue weighted by molar-refractivity contribution is 7.89. The van der Waals surface area contributed by atoms with Crippen molar-refractivity contribution in [1.82, 2.24) is 4.72 Å². The van der Waals surface area contributed by atoms with Crippen LogP contribution in [0.2, 0.25) is 0 Å². The minimum absolute atomic E-state index is 0.0979. The van der Waals surface area contributed by atoms with Gasteiger partial charge in [0.25, 0.3) is 0 Å². The summed E-state index contributed by atoms with van der Waals surface area (Å²) in [5.41, 5.74) is 7.81. The van der Waals surface area contributed by atoms with Crippen molar-refractivity contribution >= 4 is 15.7 Å². The lowest BCUT2D eigenvalue weighted by atomic mass is 10.1. The highest BCUT2D eigenvalue weighted by atomic mass is 32.2. The van der Waals surface area contributed by atoms with Gasteiger partial charge in [0.05, 0.1) is 19.1 Å². The molecule has 3 N–H and O–H groups in total. The Balaban J connectivity index is 1.93. The van der Waals surface area contributed by atoms with E-state index in [9.17, 15) is 8.42 Å². The molecule has 2 heterocycles. The molecule has 0 saturated carbocycles. The quantitative estimate of drug-likeness (QED) is 0.838. The molecule has 2 aromatic rings. The number of rotatable bonds is 4. The third kappa shape index (κ3) is 2.88. The number of nitrogens with one attached hydrogen (secondary N) is 1. The molecule has 21 heavy (non-hydrogen) atoms. The fraction of sp³-hybridized carbons (Fsp3) is 0.286. The summed E-state index contributed by atoms with van der Waals surface area (Å²) in [5.74, 6) is 0.412. The van der Waals surface area contributed by atoms with Crippen LogP contribution in [0, 0.1) is 0 Å². The van der Waals surface area contributed by atoms with Crippen molar-refractivity contribution < 1.29 is 17.6 Å². The number of hydrogen-bond acceptors (Lipinski definition) is 5. The van der Waals surface area contributed by atoms with Gasteiger partial charge in [0, 0.05) is 17.8 Å². The van der Waals surface area contributed by atoms with Crippen molar-refractivity contribution in [1.29, 1.82) is 0 Å². The number of furan rings is 1. The fourth-order valence-electron chi connectivity index (χ4n) is 2.32. The van der Waals surface area contributed by atoms with Crippen LogP contribution in [0.1, 0.15) is 17.5 Å². The lowest BCUT2D eigenvalue weighted by Crippen LogP contribution is -2.25. The maximum absolute atomic E-state index is 12.5. The number of benzene rings is 1. The third-order valence-corrected chi connectivity index (χ3v) is 4.73. The molecule has 0 fully saturated rings. The van der Waals surface area contributed by atoms with Gasteiger partial charge < -0.3 is 14.9 Å². The molecule has 7 heteroatoms. The summed E-state index contributed by atoms with van der Waals surface area (Å²) in [6, 6.07) is 4.90. The summed E-state index contributed by atoms with van der Waals surface area (Å²) in [6.45, 7) is 0.670. The van der Waals surface area contributed by atoms with Gasteiger partial charge in [-0.05, 0) is 36.6 Å². The Morgan fingerprint density at radius 3 is 2.95 bits per heavy atom. The van der Waals surface area contributed by atoms with Crippen LogP contribution < -0.4 is 15.2 Å². The summed E-state index contributed by atoms with van der Waals surface area (Å²) in [6.07, 6.45) is 4.62. The first-order valence-corrected chi connectivity index (χ1v) is 8.10. The zero-order valence-electron chi connectivity index (χ0n) is 11.3. The molecule has 0 amide bonds. The second kappa shape index (κ2) is 5.42. The van der Waals surface area contributed by atoms with E-state index in [1.807, 2.05) is 0 Å². The van der Waals surface area contributed by atoms with Gasteiger partial charge in [-0.25, -0.2) is 13.1 Å². The van der Waals surface area contributed by atoms with E-state index in [0.717, 1.165) is 24.0 Å². The SMILES string of the molecule is Nc1cc2c(c(S(=O)(=O)NCc3ccoc3)c1)OCCC2. The lowest BCUT2D eigenvalue weighted by molar-refractivity contribution is 0.280. The molecule has 1 aliphatic heterocycles. The van der Waals surface area contributed by atoms with E-state index in [4.69, 9.17) is 14.9 Å². The Hall–Kier alpha value is -1.99. The van der Waals surface area contributed by atoms with E-state index in [1.54, 1.807) is 12.1 Å². The smallest absolute Gasteiger partial charge is 0.244 e. The molecule has 0 aliphatic carbocycles. The first kappa shape index (κ1) is 14.0. The van der Waals surface area contributed by atoms with Gasteiger partial charge in [-0.3, -0.25) is 0 Å². The molecule has 1 aromatic carbocycles. The van der Waals surface area contributed by atoms with Crippen molar-refractivity contribution in [3.8, 4) is 5.75 Å². The molecule has 0 spiro atoms. The molecule has 0 bridgehead atoms. The molecule has 1 aromatic heterocycles. The van der Waals surface area contributed by atoms with Gasteiger partial charge in [0.1, 0.15) is 10.6 Å². The van der Waals surface area contributed by atoms with Crippen molar-refractivity contribution in [3.63, 3.8) is 0 Å². The Kier molecular flexibility index (Phi) is 3.60.